The number of hydrogen-bond acceptors (Lipinski definition) is 0. The Kier molecular flexibility index (Phi) is 6.51. The highest BCUT2D eigenvalue weighted by Crippen LogP contribution is 2.46. The first kappa shape index (κ1) is 29.7. The predicted molar refractivity (Wildman–Crippen MR) is 220 cm³/mol. The molecule has 0 saturated heterocycles. The molecular formula is C50H37N. The van der Waals surface area contributed by atoms with Crippen LogP contribution in [0.1, 0.15) is 26.3 Å². The Morgan fingerprint density at radius 2 is 0.843 bits per heavy atom. The molecular weight excluding hydrogens is 615 g/mol. The van der Waals surface area contributed by atoms with Crippen molar-refractivity contribution in [2.75, 3.05) is 0 Å². The molecule has 10 rings (SSSR count). The van der Waals surface area contributed by atoms with E-state index in [1.165, 1.54) is 92.7 Å². The van der Waals surface area contributed by atoms with Gasteiger partial charge in [0.15, 0.2) is 0 Å². The molecule has 1 aromatic heterocycles. The van der Waals surface area contributed by atoms with Crippen LogP contribution < -0.4 is 0 Å². The lowest BCUT2D eigenvalue weighted by Crippen LogP contribution is -2.10. The Balaban J connectivity index is 1.25. The van der Waals surface area contributed by atoms with Crippen molar-refractivity contribution in [2.45, 2.75) is 26.2 Å². The molecule has 1 nitrogen and oxygen atoms in total. The number of benzene rings is 9. The first-order valence-electron chi connectivity index (χ1n) is 17.9. The molecule has 1 heterocycles. The molecule has 0 spiro atoms. The van der Waals surface area contributed by atoms with E-state index < -0.39 is 0 Å². The molecule has 0 unspecified atom stereocenters. The van der Waals surface area contributed by atoms with Crippen molar-refractivity contribution in [3.8, 4) is 27.9 Å². The monoisotopic (exact) mass is 651 g/mol. The van der Waals surface area contributed by atoms with Crippen molar-refractivity contribution in [1.82, 2.24) is 4.57 Å². The summed E-state index contributed by atoms with van der Waals surface area (Å²) in [5, 5.41) is 12.9. The zero-order valence-electron chi connectivity index (χ0n) is 29.1. The Hall–Kier alpha value is -6.18. The van der Waals surface area contributed by atoms with E-state index in [0.29, 0.717) is 0 Å². The fourth-order valence-electron chi connectivity index (χ4n) is 8.48. The first-order valence-corrected chi connectivity index (χ1v) is 17.9. The molecule has 1 heteroatoms. The SMILES string of the molecule is CC(C)(C)c1ccc2c(-c3ccccc3)c3ccccc3c(-c3ccc(-n4c5ccc6ccccc6c5c5c6ccccc6ccc54)cc3)c2c1. The van der Waals surface area contributed by atoms with E-state index in [-0.39, 0.29) is 5.41 Å². The fourth-order valence-corrected chi connectivity index (χ4v) is 8.48. The second kappa shape index (κ2) is 11.2. The zero-order chi connectivity index (χ0) is 34.3. The minimum atomic E-state index is 0.0265. The summed E-state index contributed by atoms with van der Waals surface area (Å²) >= 11 is 0. The third kappa shape index (κ3) is 4.55. The zero-order valence-corrected chi connectivity index (χ0v) is 29.1. The molecule has 0 radical (unpaired) electrons. The molecule has 0 aliphatic carbocycles. The van der Waals surface area contributed by atoms with Gasteiger partial charge in [0.2, 0.25) is 0 Å². The molecule has 0 aliphatic rings. The van der Waals surface area contributed by atoms with Gasteiger partial charge in [-0.15, -0.1) is 0 Å². The van der Waals surface area contributed by atoms with Crippen molar-refractivity contribution >= 4 is 64.9 Å². The molecule has 0 N–H and O–H groups in total. The van der Waals surface area contributed by atoms with Crippen LogP contribution in [-0.2, 0) is 5.41 Å². The summed E-state index contributed by atoms with van der Waals surface area (Å²) in [6.45, 7) is 6.92. The van der Waals surface area contributed by atoms with Crippen LogP contribution in [0.5, 0.6) is 0 Å². The van der Waals surface area contributed by atoms with Crippen LogP contribution in [0.15, 0.2) is 170 Å². The summed E-state index contributed by atoms with van der Waals surface area (Å²) in [7, 11) is 0. The van der Waals surface area contributed by atoms with E-state index in [9.17, 15) is 0 Å². The van der Waals surface area contributed by atoms with Crippen LogP contribution in [0.2, 0.25) is 0 Å². The van der Waals surface area contributed by atoms with Gasteiger partial charge in [-0.3, -0.25) is 0 Å². The predicted octanol–water partition coefficient (Wildman–Crippen LogP) is 14.0. The number of hydrogen-bond donors (Lipinski definition) is 0. The lowest BCUT2D eigenvalue weighted by atomic mass is 9.81. The summed E-state index contributed by atoms with van der Waals surface area (Å²) in [5.74, 6) is 0. The highest BCUT2D eigenvalue weighted by molar-refractivity contribution is 6.28. The third-order valence-corrected chi connectivity index (χ3v) is 10.9. The van der Waals surface area contributed by atoms with E-state index in [1.54, 1.807) is 0 Å². The average molecular weight is 652 g/mol. The van der Waals surface area contributed by atoms with E-state index >= 15 is 0 Å². The smallest absolute Gasteiger partial charge is 0.0547 e. The van der Waals surface area contributed by atoms with Gasteiger partial charge in [-0.05, 0) is 107 Å². The summed E-state index contributed by atoms with van der Waals surface area (Å²) in [6.07, 6.45) is 0. The standard InChI is InChI=1S/C50H37N/c1-50(2,3)36-25-28-42-43(31-36)47(41-20-12-11-19-40(41)46(42)34-15-5-4-6-16-34)35-21-26-37(27-22-35)51-44-29-23-32-13-7-9-17-38(32)48(44)49-39-18-10-8-14-33(39)24-30-45(49)51/h4-31H,1-3H3. The molecule has 10 aromatic rings. The van der Waals surface area contributed by atoms with Crippen molar-refractivity contribution in [1.29, 1.82) is 0 Å². The number of fused-ring (bicyclic) bond motifs is 9. The van der Waals surface area contributed by atoms with E-state index in [4.69, 9.17) is 0 Å². The van der Waals surface area contributed by atoms with E-state index in [2.05, 4.69) is 195 Å². The highest BCUT2D eigenvalue weighted by atomic mass is 15.0. The number of rotatable bonds is 3. The summed E-state index contributed by atoms with van der Waals surface area (Å²) in [5.41, 5.74) is 10.0. The van der Waals surface area contributed by atoms with E-state index in [1.807, 2.05) is 0 Å². The van der Waals surface area contributed by atoms with E-state index in [0.717, 1.165) is 5.69 Å². The maximum atomic E-state index is 2.46. The van der Waals surface area contributed by atoms with Gasteiger partial charge in [0.1, 0.15) is 0 Å². The molecule has 0 atom stereocenters. The van der Waals surface area contributed by atoms with Crippen LogP contribution in [0.3, 0.4) is 0 Å². The highest BCUT2D eigenvalue weighted by Gasteiger charge is 2.21. The molecule has 51 heavy (non-hydrogen) atoms. The van der Waals surface area contributed by atoms with Crippen LogP contribution >= 0.6 is 0 Å². The minimum absolute atomic E-state index is 0.0265. The van der Waals surface area contributed by atoms with Crippen molar-refractivity contribution in [2.24, 2.45) is 0 Å². The molecule has 0 bridgehead atoms. The van der Waals surface area contributed by atoms with Crippen molar-refractivity contribution in [3.05, 3.63) is 175 Å². The van der Waals surface area contributed by atoms with Crippen LogP contribution in [0.25, 0.3) is 92.8 Å². The third-order valence-electron chi connectivity index (χ3n) is 10.9. The van der Waals surface area contributed by atoms with Gasteiger partial charge in [0.25, 0.3) is 0 Å². The van der Waals surface area contributed by atoms with Gasteiger partial charge in [-0.2, -0.15) is 0 Å². The second-order valence-corrected chi connectivity index (χ2v) is 14.9. The number of aromatic nitrogens is 1. The Bertz CT molecular complexity index is 2880. The van der Waals surface area contributed by atoms with Gasteiger partial charge in [-0.1, -0.05) is 160 Å². The van der Waals surface area contributed by atoms with Crippen LogP contribution in [0.4, 0.5) is 0 Å². The Morgan fingerprint density at radius 1 is 0.373 bits per heavy atom. The van der Waals surface area contributed by atoms with Crippen molar-refractivity contribution in [3.63, 3.8) is 0 Å². The lowest BCUT2D eigenvalue weighted by Gasteiger charge is -2.23. The summed E-state index contributed by atoms with van der Waals surface area (Å²) < 4.78 is 2.46. The van der Waals surface area contributed by atoms with Gasteiger partial charge in [-0.25, -0.2) is 0 Å². The van der Waals surface area contributed by atoms with Crippen LogP contribution in [-0.4, -0.2) is 4.57 Å². The summed E-state index contributed by atoms with van der Waals surface area (Å²) in [6, 6.07) is 63.0. The molecule has 0 fully saturated rings. The second-order valence-electron chi connectivity index (χ2n) is 14.9. The summed E-state index contributed by atoms with van der Waals surface area (Å²) in [4.78, 5) is 0. The first-order chi connectivity index (χ1) is 25.0. The van der Waals surface area contributed by atoms with Gasteiger partial charge in [0, 0.05) is 16.5 Å². The molecule has 0 amide bonds. The molecule has 242 valence electrons. The maximum Gasteiger partial charge on any atom is 0.0547 e. The molecule has 9 aromatic carbocycles. The Morgan fingerprint density at radius 3 is 1.41 bits per heavy atom. The normalized spacial score (nSPS) is 12.2. The fraction of sp³-hybridized carbons (Fsp3) is 0.0800. The maximum absolute atomic E-state index is 2.46. The molecule has 0 saturated carbocycles. The Labute approximate surface area is 298 Å². The quantitative estimate of drug-likeness (QED) is 0.168. The average Bonchev–Trinajstić information content (AvgIpc) is 3.52. The van der Waals surface area contributed by atoms with Gasteiger partial charge >= 0.3 is 0 Å². The van der Waals surface area contributed by atoms with Gasteiger partial charge in [0.05, 0.1) is 11.0 Å². The lowest BCUT2D eigenvalue weighted by molar-refractivity contribution is 0.591. The largest absolute Gasteiger partial charge is 0.309 e. The topological polar surface area (TPSA) is 4.93 Å². The molecule has 0 aliphatic heterocycles. The minimum Gasteiger partial charge on any atom is -0.309 e. The van der Waals surface area contributed by atoms with Gasteiger partial charge < -0.3 is 4.57 Å². The number of nitrogens with zero attached hydrogens (tertiary/aromatic N) is 1. The van der Waals surface area contributed by atoms with Crippen molar-refractivity contribution < 1.29 is 0 Å². The van der Waals surface area contributed by atoms with Crippen LogP contribution in [0, 0.1) is 0 Å².